The number of hydrogen-bond acceptors (Lipinski definition) is 1. The number of piperidine rings is 1. The van der Waals surface area contributed by atoms with Gasteiger partial charge in [0.1, 0.15) is 0 Å². The summed E-state index contributed by atoms with van der Waals surface area (Å²) in [5, 5.41) is 2.80. The molecule has 13 heavy (non-hydrogen) atoms. The van der Waals surface area contributed by atoms with Gasteiger partial charge in [0.25, 0.3) is 0 Å². The highest BCUT2D eigenvalue weighted by molar-refractivity contribution is 5.74. The third-order valence-electron chi connectivity index (χ3n) is 2.46. The summed E-state index contributed by atoms with van der Waals surface area (Å²) < 4.78 is 0. The van der Waals surface area contributed by atoms with Gasteiger partial charge in [0.15, 0.2) is 0 Å². The van der Waals surface area contributed by atoms with Gasteiger partial charge < -0.3 is 10.2 Å². The van der Waals surface area contributed by atoms with Crippen molar-refractivity contribution < 1.29 is 4.79 Å². The smallest absolute Gasteiger partial charge is 0.317 e. The van der Waals surface area contributed by atoms with Crippen LogP contribution in [0.5, 0.6) is 0 Å². The van der Waals surface area contributed by atoms with Crippen molar-refractivity contribution in [2.24, 2.45) is 0 Å². The molecule has 74 valence electrons. The molecule has 1 fully saturated rings. The van der Waals surface area contributed by atoms with E-state index in [1.165, 1.54) is 6.42 Å². The molecule has 1 atom stereocenters. The summed E-state index contributed by atoms with van der Waals surface area (Å²) in [7, 11) is 0. The number of nitrogens with one attached hydrogen (secondary N) is 1. The van der Waals surface area contributed by atoms with Crippen molar-refractivity contribution in [3.8, 4) is 0 Å². The molecule has 3 nitrogen and oxygen atoms in total. The molecule has 2 amide bonds. The van der Waals surface area contributed by atoms with Crippen molar-refractivity contribution >= 4 is 6.03 Å². The van der Waals surface area contributed by atoms with Crippen LogP contribution in [0.15, 0.2) is 12.7 Å². The summed E-state index contributed by atoms with van der Waals surface area (Å²) in [6.45, 7) is 7.12. The molecule has 1 saturated heterocycles. The van der Waals surface area contributed by atoms with Gasteiger partial charge >= 0.3 is 6.03 Å². The number of carbonyl (C=O) groups excluding carboxylic acids is 1. The highest BCUT2D eigenvalue weighted by atomic mass is 16.2. The van der Waals surface area contributed by atoms with E-state index < -0.39 is 0 Å². The summed E-state index contributed by atoms with van der Waals surface area (Å²) in [6, 6.07) is 0.436. The number of likely N-dealkylation sites (tertiary alicyclic amines) is 1. The van der Waals surface area contributed by atoms with Crippen molar-refractivity contribution in [3.05, 3.63) is 12.7 Å². The molecule has 1 aliphatic rings. The normalized spacial score (nSPS) is 22.5. The summed E-state index contributed by atoms with van der Waals surface area (Å²) in [5.74, 6) is 0. The molecule has 1 rings (SSSR count). The number of amides is 2. The van der Waals surface area contributed by atoms with Crippen molar-refractivity contribution in [2.45, 2.75) is 32.2 Å². The van der Waals surface area contributed by atoms with E-state index in [0.717, 1.165) is 19.4 Å². The molecule has 1 heterocycles. The zero-order valence-corrected chi connectivity index (χ0v) is 8.25. The van der Waals surface area contributed by atoms with Gasteiger partial charge in [0.05, 0.1) is 0 Å². The van der Waals surface area contributed by atoms with Crippen molar-refractivity contribution in [1.29, 1.82) is 0 Å². The van der Waals surface area contributed by atoms with Crippen LogP contribution < -0.4 is 5.32 Å². The van der Waals surface area contributed by atoms with E-state index in [2.05, 4.69) is 18.8 Å². The fourth-order valence-corrected chi connectivity index (χ4v) is 1.66. The minimum Gasteiger partial charge on any atom is -0.335 e. The molecule has 0 spiro atoms. The van der Waals surface area contributed by atoms with Crippen LogP contribution in [0.4, 0.5) is 4.79 Å². The highest BCUT2D eigenvalue weighted by Crippen LogP contribution is 2.15. The van der Waals surface area contributed by atoms with Gasteiger partial charge in [-0.3, -0.25) is 0 Å². The van der Waals surface area contributed by atoms with Crippen LogP contribution in [0, 0.1) is 0 Å². The molecule has 0 bridgehead atoms. The quantitative estimate of drug-likeness (QED) is 0.648. The standard InChI is InChI=1S/C10H18N2O/c1-3-7-11-10(13)12-8-5-4-6-9(12)2/h3,9H,1,4-8H2,2H3,(H,11,13). The Morgan fingerprint density at radius 1 is 1.69 bits per heavy atom. The van der Waals surface area contributed by atoms with Crippen LogP contribution in [0.1, 0.15) is 26.2 Å². The minimum atomic E-state index is 0.0482. The SMILES string of the molecule is C=CCNC(=O)N1CCCCC1C. The lowest BCUT2D eigenvalue weighted by molar-refractivity contribution is 0.159. The first kappa shape index (κ1) is 10.1. The molecule has 0 aromatic rings. The predicted molar refractivity (Wildman–Crippen MR) is 53.6 cm³/mol. The molecule has 1 unspecified atom stereocenters. The van der Waals surface area contributed by atoms with E-state index >= 15 is 0 Å². The summed E-state index contributed by atoms with van der Waals surface area (Å²) in [5.41, 5.74) is 0. The number of rotatable bonds is 2. The van der Waals surface area contributed by atoms with Gasteiger partial charge in [-0.2, -0.15) is 0 Å². The number of nitrogens with zero attached hydrogens (tertiary/aromatic N) is 1. The first-order chi connectivity index (χ1) is 6.25. The third kappa shape index (κ3) is 2.76. The van der Waals surface area contributed by atoms with Crippen LogP contribution in [0.25, 0.3) is 0 Å². The number of hydrogen-bond donors (Lipinski definition) is 1. The maximum atomic E-state index is 11.5. The van der Waals surface area contributed by atoms with Gasteiger partial charge in [-0.15, -0.1) is 6.58 Å². The molecule has 0 aromatic carbocycles. The van der Waals surface area contributed by atoms with E-state index in [0.29, 0.717) is 12.6 Å². The second-order valence-electron chi connectivity index (χ2n) is 3.51. The van der Waals surface area contributed by atoms with Gasteiger partial charge in [-0.1, -0.05) is 6.08 Å². The predicted octanol–water partition coefficient (Wildman–Crippen LogP) is 1.76. The van der Waals surface area contributed by atoms with E-state index in [1.807, 2.05) is 4.90 Å². The van der Waals surface area contributed by atoms with Crippen molar-refractivity contribution in [1.82, 2.24) is 10.2 Å². The van der Waals surface area contributed by atoms with E-state index in [-0.39, 0.29) is 6.03 Å². The van der Waals surface area contributed by atoms with Gasteiger partial charge in [0, 0.05) is 19.1 Å². The zero-order chi connectivity index (χ0) is 9.68. The maximum Gasteiger partial charge on any atom is 0.317 e. The monoisotopic (exact) mass is 182 g/mol. The fourth-order valence-electron chi connectivity index (χ4n) is 1.66. The van der Waals surface area contributed by atoms with Crippen LogP contribution in [0.3, 0.4) is 0 Å². The molecular formula is C10H18N2O. The van der Waals surface area contributed by atoms with Crippen molar-refractivity contribution in [3.63, 3.8) is 0 Å². The Bertz CT molecular complexity index is 191. The summed E-state index contributed by atoms with van der Waals surface area (Å²) in [6.07, 6.45) is 5.20. The molecule has 0 aliphatic carbocycles. The fraction of sp³-hybridized carbons (Fsp3) is 0.700. The first-order valence-electron chi connectivity index (χ1n) is 4.91. The third-order valence-corrected chi connectivity index (χ3v) is 2.46. The molecule has 3 heteroatoms. The maximum absolute atomic E-state index is 11.5. The van der Waals surface area contributed by atoms with E-state index in [9.17, 15) is 4.79 Å². The van der Waals surface area contributed by atoms with Gasteiger partial charge in [-0.25, -0.2) is 4.79 Å². The van der Waals surface area contributed by atoms with Crippen LogP contribution >= 0.6 is 0 Å². The Morgan fingerprint density at radius 3 is 3.08 bits per heavy atom. The average molecular weight is 182 g/mol. The lowest BCUT2D eigenvalue weighted by Crippen LogP contribution is -2.47. The van der Waals surface area contributed by atoms with Crippen molar-refractivity contribution in [2.75, 3.05) is 13.1 Å². The number of urea groups is 1. The average Bonchev–Trinajstić information content (AvgIpc) is 2.15. The largest absolute Gasteiger partial charge is 0.335 e. The Kier molecular flexibility index (Phi) is 3.80. The lowest BCUT2D eigenvalue weighted by Gasteiger charge is -2.33. The Hall–Kier alpha value is -0.990. The second kappa shape index (κ2) is 4.90. The highest BCUT2D eigenvalue weighted by Gasteiger charge is 2.22. The molecular weight excluding hydrogens is 164 g/mol. The molecule has 1 aliphatic heterocycles. The van der Waals surface area contributed by atoms with E-state index in [4.69, 9.17) is 0 Å². The molecule has 0 aromatic heterocycles. The number of carbonyl (C=O) groups is 1. The zero-order valence-electron chi connectivity index (χ0n) is 8.25. The second-order valence-corrected chi connectivity index (χ2v) is 3.51. The van der Waals surface area contributed by atoms with Crippen LogP contribution in [-0.2, 0) is 0 Å². The Labute approximate surface area is 79.8 Å². The van der Waals surface area contributed by atoms with Crippen LogP contribution in [-0.4, -0.2) is 30.1 Å². The Balaban J connectivity index is 2.39. The minimum absolute atomic E-state index is 0.0482. The van der Waals surface area contributed by atoms with E-state index in [1.54, 1.807) is 6.08 Å². The summed E-state index contributed by atoms with van der Waals surface area (Å²) in [4.78, 5) is 13.4. The molecule has 1 N–H and O–H groups in total. The topological polar surface area (TPSA) is 32.3 Å². The lowest BCUT2D eigenvalue weighted by atomic mass is 10.0. The van der Waals surface area contributed by atoms with Crippen LogP contribution in [0.2, 0.25) is 0 Å². The molecule has 0 radical (unpaired) electrons. The summed E-state index contributed by atoms with van der Waals surface area (Å²) >= 11 is 0. The van der Waals surface area contributed by atoms with Gasteiger partial charge in [-0.05, 0) is 26.2 Å². The molecule has 0 saturated carbocycles. The Morgan fingerprint density at radius 2 is 2.46 bits per heavy atom. The first-order valence-corrected chi connectivity index (χ1v) is 4.91. The van der Waals surface area contributed by atoms with Gasteiger partial charge in [0.2, 0.25) is 0 Å².